The summed E-state index contributed by atoms with van der Waals surface area (Å²) in [5, 5.41) is 18.3. The molecule has 0 unspecified atom stereocenters. The molecule has 0 spiro atoms. The van der Waals surface area contributed by atoms with E-state index < -0.39 is 0 Å². The first-order valence-corrected chi connectivity index (χ1v) is 11.4. The molecule has 1 saturated carbocycles. The van der Waals surface area contributed by atoms with Crippen LogP contribution in [0.2, 0.25) is 0 Å². The quantitative estimate of drug-likeness (QED) is 0.539. The van der Waals surface area contributed by atoms with Crippen molar-refractivity contribution in [3.63, 3.8) is 0 Å². The second-order valence-electron chi connectivity index (χ2n) is 7.40. The van der Waals surface area contributed by atoms with Crippen LogP contribution in [0.25, 0.3) is 0 Å². The number of hydrogen-bond acceptors (Lipinski definition) is 6. The molecule has 3 aromatic rings. The highest BCUT2D eigenvalue weighted by molar-refractivity contribution is 7.99. The van der Waals surface area contributed by atoms with Crippen LogP contribution in [0.5, 0.6) is 0 Å². The number of amides is 2. The van der Waals surface area contributed by atoms with Gasteiger partial charge in [0.2, 0.25) is 11.1 Å². The first-order valence-electron chi connectivity index (χ1n) is 10.4. The largest absolute Gasteiger partial charge is 0.325 e. The minimum atomic E-state index is -0.281. The highest BCUT2D eigenvalue weighted by Crippen LogP contribution is 2.30. The van der Waals surface area contributed by atoms with E-state index in [-0.39, 0.29) is 17.6 Å². The fourth-order valence-corrected chi connectivity index (χ4v) is 4.41. The Hall–Kier alpha value is -3.20. The van der Waals surface area contributed by atoms with Gasteiger partial charge in [-0.15, -0.1) is 5.10 Å². The van der Waals surface area contributed by atoms with Crippen LogP contribution in [-0.4, -0.2) is 37.8 Å². The van der Waals surface area contributed by atoms with Gasteiger partial charge in [-0.05, 0) is 47.5 Å². The average Bonchev–Trinajstić information content (AvgIpc) is 3.28. The van der Waals surface area contributed by atoms with Gasteiger partial charge in [-0.1, -0.05) is 61.4 Å². The molecule has 1 aliphatic carbocycles. The van der Waals surface area contributed by atoms with Gasteiger partial charge in [-0.2, -0.15) is 0 Å². The number of carbonyl (C=O) groups is 2. The number of anilines is 2. The average molecular weight is 437 g/mol. The van der Waals surface area contributed by atoms with Crippen LogP contribution >= 0.6 is 11.8 Å². The molecule has 1 aromatic heterocycles. The second kappa shape index (κ2) is 10.2. The van der Waals surface area contributed by atoms with E-state index in [0.717, 1.165) is 12.8 Å². The number of aromatic nitrogens is 4. The van der Waals surface area contributed by atoms with E-state index in [4.69, 9.17) is 0 Å². The van der Waals surface area contributed by atoms with Crippen LogP contribution in [0, 0.1) is 0 Å². The summed E-state index contributed by atoms with van der Waals surface area (Å²) in [6.07, 6.45) is 5.73. The molecule has 2 aromatic carbocycles. The molecule has 4 rings (SSSR count). The molecule has 2 N–H and O–H groups in total. The molecule has 0 bridgehead atoms. The molecular formula is C22H24N6O2S. The van der Waals surface area contributed by atoms with Crippen LogP contribution in [0.4, 0.5) is 11.4 Å². The Bertz CT molecular complexity index is 1030. The number of benzene rings is 2. The second-order valence-corrected chi connectivity index (χ2v) is 8.34. The summed E-state index contributed by atoms with van der Waals surface area (Å²) < 4.78 is 1.85. The maximum Gasteiger partial charge on any atom is 0.257 e. The van der Waals surface area contributed by atoms with Crippen LogP contribution in [0.3, 0.4) is 0 Å². The smallest absolute Gasteiger partial charge is 0.257 e. The zero-order valence-corrected chi connectivity index (χ0v) is 17.8. The Kier molecular flexibility index (Phi) is 6.93. The fourth-order valence-electron chi connectivity index (χ4n) is 3.66. The lowest BCUT2D eigenvalue weighted by molar-refractivity contribution is -0.113. The molecule has 0 saturated heterocycles. The molecule has 0 radical (unpaired) electrons. The van der Waals surface area contributed by atoms with Gasteiger partial charge in [0.25, 0.3) is 5.91 Å². The van der Waals surface area contributed by atoms with Gasteiger partial charge in [-0.25, -0.2) is 4.68 Å². The lowest BCUT2D eigenvalue weighted by atomic mass is 9.96. The number of nitrogens with zero attached hydrogens (tertiary/aromatic N) is 4. The molecule has 9 heteroatoms. The van der Waals surface area contributed by atoms with Gasteiger partial charge in [0.05, 0.1) is 23.0 Å². The minimum absolute atomic E-state index is 0.154. The first-order chi connectivity index (χ1) is 15.2. The van der Waals surface area contributed by atoms with Crippen molar-refractivity contribution in [3.05, 3.63) is 60.2 Å². The molecule has 1 aliphatic rings. The van der Waals surface area contributed by atoms with Gasteiger partial charge in [0, 0.05) is 5.69 Å². The van der Waals surface area contributed by atoms with Gasteiger partial charge < -0.3 is 10.6 Å². The summed E-state index contributed by atoms with van der Waals surface area (Å²) in [5.74, 6) is -0.346. The van der Waals surface area contributed by atoms with E-state index in [9.17, 15) is 9.59 Å². The maximum absolute atomic E-state index is 12.7. The van der Waals surface area contributed by atoms with E-state index in [1.807, 2.05) is 35.0 Å². The first kappa shape index (κ1) is 21.0. The normalized spacial score (nSPS) is 14.2. The van der Waals surface area contributed by atoms with E-state index in [2.05, 4.69) is 26.2 Å². The van der Waals surface area contributed by atoms with Crippen molar-refractivity contribution >= 4 is 35.0 Å². The molecule has 1 fully saturated rings. The van der Waals surface area contributed by atoms with Crippen LogP contribution < -0.4 is 10.6 Å². The molecule has 8 nitrogen and oxygen atoms in total. The van der Waals surface area contributed by atoms with E-state index in [1.54, 1.807) is 24.3 Å². The van der Waals surface area contributed by atoms with E-state index in [0.29, 0.717) is 28.1 Å². The third-order valence-corrected chi connectivity index (χ3v) is 6.13. The molecule has 0 atom stereocenters. The number of hydrogen-bond donors (Lipinski definition) is 2. The SMILES string of the molecule is O=C(CSc1nnnn1C1CCCCC1)Nc1ccccc1C(=O)Nc1ccccc1. The zero-order chi connectivity index (χ0) is 21.5. The summed E-state index contributed by atoms with van der Waals surface area (Å²) >= 11 is 1.31. The van der Waals surface area contributed by atoms with Crippen molar-refractivity contribution in [2.24, 2.45) is 0 Å². The molecule has 2 amide bonds. The predicted molar refractivity (Wildman–Crippen MR) is 120 cm³/mol. The number of rotatable bonds is 7. The van der Waals surface area contributed by atoms with Crippen LogP contribution in [-0.2, 0) is 4.79 Å². The molecule has 1 heterocycles. The lowest BCUT2D eigenvalue weighted by Crippen LogP contribution is -2.20. The fraction of sp³-hybridized carbons (Fsp3) is 0.318. The number of tetrazole rings is 1. The molecular weight excluding hydrogens is 412 g/mol. The number of para-hydroxylation sites is 2. The van der Waals surface area contributed by atoms with Crippen molar-refractivity contribution in [3.8, 4) is 0 Å². The Morgan fingerprint density at radius 3 is 2.52 bits per heavy atom. The third-order valence-electron chi connectivity index (χ3n) is 5.19. The Morgan fingerprint density at radius 1 is 0.968 bits per heavy atom. The molecule has 0 aliphatic heterocycles. The topological polar surface area (TPSA) is 102 Å². The minimum Gasteiger partial charge on any atom is -0.325 e. The summed E-state index contributed by atoms with van der Waals surface area (Å²) in [5.41, 5.74) is 1.56. The van der Waals surface area contributed by atoms with Crippen molar-refractivity contribution in [2.45, 2.75) is 43.3 Å². The maximum atomic E-state index is 12.7. The molecule has 160 valence electrons. The van der Waals surface area contributed by atoms with Gasteiger partial charge in [0.1, 0.15) is 0 Å². The van der Waals surface area contributed by atoms with Crippen molar-refractivity contribution in [1.29, 1.82) is 0 Å². The summed E-state index contributed by atoms with van der Waals surface area (Å²) in [7, 11) is 0. The molecule has 31 heavy (non-hydrogen) atoms. The summed E-state index contributed by atoms with van der Waals surface area (Å²) in [6.45, 7) is 0. The van der Waals surface area contributed by atoms with Crippen LogP contribution in [0.15, 0.2) is 59.8 Å². The highest BCUT2D eigenvalue weighted by atomic mass is 32.2. The zero-order valence-electron chi connectivity index (χ0n) is 17.0. The Balaban J connectivity index is 1.37. The van der Waals surface area contributed by atoms with Crippen LogP contribution in [0.1, 0.15) is 48.5 Å². The van der Waals surface area contributed by atoms with Crippen molar-refractivity contribution in [1.82, 2.24) is 20.2 Å². The lowest BCUT2D eigenvalue weighted by Gasteiger charge is -2.21. The predicted octanol–water partition coefficient (Wildman–Crippen LogP) is 4.16. The summed E-state index contributed by atoms with van der Waals surface area (Å²) in [6, 6.07) is 16.5. The van der Waals surface area contributed by atoms with Crippen molar-refractivity contribution in [2.75, 3.05) is 16.4 Å². The number of carbonyl (C=O) groups excluding carboxylic acids is 2. The number of nitrogens with one attached hydrogen (secondary N) is 2. The van der Waals surface area contributed by atoms with Gasteiger partial charge in [0.15, 0.2) is 0 Å². The van der Waals surface area contributed by atoms with E-state index in [1.165, 1.54) is 31.0 Å². The van der Waals surface area contributed by atoms with Gasteiger partial charge in [-0.3, -0.25) is 9.59 Å². The summed E-state index contributed by atoms with van der Waals surface area (Å²) in [4.78, 5) is 25.3. The Labute approximate surface area is 184 Å². The van der Waals surface area contributed by atoms with Gasteiger partial charge >= 0.3 is 0 Å². The van der Waals surface area contributed by atoms with E-state index >= 15 is 0 Å². The third kappa shape index (κ3) is 5.49. The highest BCUT2D eigenvalue weighted by Gasteiger charge is 2.21. The standard InChI is InChI=1S/C22H24N6O2S/c29-20(15-31-22-25-26-27-28(22)17-11-5-2-6-12-17)24-19-14-8-7-13-18(19)21(30)23-16-9-3-1-4-10-16/h1,3-4,7-10,13-14,17H,2,5-6,11-12,15H2,(H,23,30)(H,24,29). The Morgan fingerprint density at radius 2 is 1.71 bits per heavy atom. The number of thioether (sulfide) groups is 1. The van der Waals surface area contributed by atoms with Crippen molar-refractivity contribution < 1.29 is 9.59 Å². The monoisotopic (exact) mass is 436 g/mol.